The maximum absolute atomic E-state index is 11.4. The number of halogens is 1. The standard InChI is InChI=1S/C15H11BrN2O3/c16-11-6-4-10(5-7-11)9-21-14-13(15(19)20)18-8-2-1-3-12(18)17-14/h1-8H,9H2,(H,19,20). The first-order valence-corrected chi connectivity index (χ1v) is 7.02. The Balaban J connectivity index is 1.91. The zero-order valence-electron chi connectivity index (χ0n) is 10.9. The summed E-state index contributed by atoms with van der Waals surface area (Å²) in [6.07, 6.45) is 1.65. The van der Waals surface area contributed by atoms with E-state index >= 15 is 0 Å². The van der Waals surface area contributed by atoms with E-state index in [0.29, 0.717) is 5.65 Å². The molecule has 0 unspecified atom stereocenters. The quantitative estimate of drug-likeness (QED) is 0.786. The van der Waals surface area contributed by atoms with Gasteiger partial charge in [0.1, 0.15) is 12.3 Å². The van der Waals surface area contributed by atoms with E-state index in [9.17, 15) is 9.90 Å². The number of fused-ring (bicyclic) bond motifs is 1. The lowest BCUT2D eigenvalue weighted by molar-refractivity contribution is 0.0683. The molecular weight excluding hydrogens is 336 g/mol. The minimum absolute atomic E-state index is 0.0303. The molecule has 0 fully saturated rings. The number of hydrogen-bond acceptors (Lipinski definition) is 3. The molecular formula is C15H11BrN2O3. The highest BCUT2D eigenvalue weighted by atomic mass is 79.9. The number of rotatable bonds is 4. The summed E-state index contributed by atoms with van der Waals surface area (Å²) in [5.74, 6) is -0.948. The van der Waals surface area contributed by atoms with Gasteiger partial charge in [0.25, 0.3) is 0 Å². The highest BCUT2D eigenvalue weighted by Gasteiger charge is 2.19. The molecule has 106 valence electrons. The Hall–Kier alpha value is -2.34. The van der Waals surface area contributed by atoms with Crippen LogP contribution in [0.1, 0.15) is 16.1 Å². The summed E-state index contributed by atoms with van der Waals surface area (Å²) in [4.78, 5) is 15.6. The number of carbonyl (C=O) groups is 1. The minimum Gasteiger partial charge on any atom is -0.476 e. The van der Waals surface area contributed by atoms with Crippen LogP contribution in [0.2, 0.25) is 0 Å². The van der Waals surface area contributed by atoms with E-state index in [0.717, 1.165) is 10.0 Å². The topological polar surface area (TPSA) is 63.8 Å². The Bertz CT molecular complexity index is 796. The third-order valence-electron chi connectivity index (χ3n) is 2.99. The largest absolute Gasteiger partial charge is 0.476 e. The Morgan fingerprint density at radius 1 is 1.24 bits per heavy atom. The van der Waals surface area contributed by atoms with Gasteiger partial charge >= 0.3 is 5.97 Å². The van der Waals surface area contributed by atoms with Gasteiger partial charge in [0, 0.05) is 10.7 Å². The van der Waals surface area contributed by atoms with Crippen molar-refractivity contribution in [1.82, 2.24) is 9.38 Å². The zero-order chi connectivity index (χ0) is 14.8. The number of benzene rings is 1. The molecule has 0 radical (unpaired) electrons. The maximum atomic E-state index is 11.4. The van der Waals surface area contributed by atoms with Crippen LogP contribution < -0.4 is 4.74 Å². The number of pyridine rings is 1. The van der Waals surface area contributed by atoms with E-state index in [1.807, 2.05) is 24.3 Å². The molecule has 1 N–H and O–H groups in total. The molecule has 0 atom stereocenters. The molecule has 0 amide bonds. The van der Waals surface area contributed by atoms with Crippen molar-refractivity contribution in [2.45, 2.75) is 6.61 Å². The Morgan fingerprint density at radius 3 is 2.71 bits per heavy atom. The lowest BCUT2D eigenvalue weighted by Gasteiger charge is -2.04. The Morgan fingerprint density at radius 2 is 2.00 bits per heavy atom. The van der Waals surface area contributed by atoms with Gasteiger partial charge in [-0.1, -0.05) is 34.1 Å². The smallest absolute Gasteiger partial charge is 0.358 e. The number of carboxylic acid groups (broad SMARTS) is 1. The third kappa shape index (κ3) is 2.75. The van der Waals surface area contributed by atoms with E-state index < -0.39 is 5.97 Å². The van der Waals surface area contributed by atoms with E-state index in [-0.39, 0.29) is 18.2 Å². The fourth-order valence-corrected chi connectivity index (χ4v) is 2.27. The van der Waals surface area contributed by atoms with Crippen molar-refractivity contribution < 1.29 is 14.6 Å². The van der Waals surface area contributed by atoms with Gasteiger partial charge in [-0.3, -0.25) is 4.40 Å². The van der Waals surface area contributed by atoms with Gasteiger partial charge in [-0.15, -0.1) is 0 Å². The first kappa shape index (κ1) is 13.6. The van der Waals surface area contributed by atoms with E-state index in [1.165, 1.54) is 4.40 Å². The van der Waals surface area contributed by atoms with Crippen LogP contribution in [0.3, 0.4) is 0 Å². The van der Waals surface area contributed by atoms with Crippen LogP contribution in [-0.2, 0) is 6.61 Å². The summed E-state index contributed by atoms with van der Waals surface area (Å²) >= 11 is 3.36. The van der Waals surface area contributed by atoms with Gasteiger partial charge in [0.05, 0.1) is 0 Å². The molecule has 1 aromatic carbocycles. The second-order valence-electron chi connectivity index (χ2n) is 4.41. The normalized spacial score (nSPS) is 10.7. The fourth-order valence-electron chi connectivity index (χ4n) is 2.00. The van der Waals surface area contributed by atoms with Crippen LogP contribution in [0.25, 0.3) is 5.65 Å². The molecule has 0 aliphatic carbocycles. The maximum Gasteiger partial charge on any atom is 0.358 e. The van der Waals surface area contributed by atoms with Crippen LogP contribution in [0, 0.1) is 0 Å². The number of nitrogens with zero attached hydrogens (tertiary/aromatic N) is 2. The molecule has 0 aliphatic heterocycles. The van der Waals surface area contributed by atoms with Gasteiger partial charge < -0.3 is 9.84 Å². The minimum atomic E-state index is -1.07. The predicted octanol–water partition coefficient (Wildman–Crippen LogP) is 3.37. The van der Waals surface area contributed by atoms with Gasteiger partial charge in [-0.05, 0) is 29.8 Å². The number of hydrogen-bond donors (Lipinski definition) is 1. The first-order valence-electron chi connectivity index (χ1n) is 6.23. The molecule has 2 aromatic heterocycles. The number of aromatic nitrogens is 2. The second kappa shape index (κ2) is 5.57. The molecule has 3 rings (SSSR count). The van der Waals surface area contributed by atoms with Crippen LogP contribution in [0.15, 0.2) is 53.1 Å². The Labute approximate surface area is 128 Å². The van der Waals surface area contributed by atoms with Crippen molar-refractivity contribution >= 4 is 27.5 Å². The van der Waals surface area contributed by atoms with Crippen LogP contribution in [-0.4, -0.2) is 20.5 Å². The summed E-state index contributed by atoms with van der Waals surface area (Å²) in [7, 11) is 0. The number of ether oxygens (including phenoxy) is 1. The summed E-state index contributed by atoms with van der Waals surface area (Å²) < 4.78 is 8.06. The molecule has 0 spiro atoms. The lowest BCUT2D eigenvalue weighted by atomic mass is 10.2. The van der Waals surface area contributed by atoms with Gasteiger partial charge in [0.2, 0.25) is 5.88 Å². The number of imidazole rings is 1. The van der Waals surface area contributed by atoms with Crippen molar-refractivity contribution in [2.75, 3.05) is 0 Å². The molecule has 0 saturated carbocycles. The molecule has 6 heteroatoms. The average molecular weight is 347 g/mol. The highest BCUT2D eigenvalue weighted by Crippen LogP contribution is 2.21. The molecule has 0 bridgehead atoms. The molecule has 2 heterocycles. The molecule has 3 aromatic rings. The highest BCUT2D eigenvalue weighted by molar-refractivity contribution is 9.10. The third-order valence-corrected chi connectivity index (χ3v) is 3.52. The molecule has 0 aliphatic rings. The van der Waals surface area contributed by atoms with Crippen molar-refractivity contribution in [2.24, 2.45) is 0 Å². The predicted molar refractivity (Wildman–Crippen MR) is 80.6 cm³/mol. The first-order chi connectivity index (χ1) is 10.1. The Kier molecular flexibility index (Phi) is 3.62. The van der Waals surface area contributed by atoms with Gasteiger partial charge in [-0.2, -0.15) is 4.98 Å². The summed E-state index contributed by atoms with van der Waals surface area (Å²) in [6, 6.07) is 12.9. The van der Waals surface area contributed by atoms with Crippen LogP contribution >= 0.6 is 15.9 Å². The van der Waals surface area contributed by atoms with Gasteiger partial charge in [0.15, 0.2) is 5.69 Å². The summed E-state index contributed by atoms with van der Waals surface area (Å²) in [5, 5.41) is 9.34. The SMILES string of the molecule is O=C(O)c1c(OCc2ccc(Br)cc2)nc2ccccn12. The van der Waals surface area contributed by atoms with E-state index in [4.69, 9.17) is 4.74 Å². The van der Waals surface area contributed by atoms with Crippen LogP contribution in [0.4, 0.5) is 0 Å². The monoisotopic (exact) mass is 346 g/mol. The van der Waals surface area contributed by atoms with E-state index in [1.54, 1.807) is 24.4 Å². The molecule has 0 saturated heterocycles. The summed E-state index contributed by atoms with van der Waals surface area (Å²) in [6.45, 7) is 0.261. The number of carboxylic acids is 1. The summed E-state index contributed by atoms with van der Waals surface area (Å²) in [5.41, 5.74) is 1.51. The van der Waals surface area contributed by atoms with Crippen molar-refractivity contribution in [1.29, 1.82) is 0 Å². The second-order valence-corrected chi connectivity index (χ2v) is 5.33. The molecule has 5 nitrogen and oxygen atoms in total. The zero-order valence-corrected chi connectivity index (χ0v) is 12.4. The van der Waals surface area contributed by atoms with Crippen molar-refractivity contribution in [3.8, 4) is 5.88 Å². The fraction of sp³-hybridized carbons (Fsp3) is 0.0667. The van der Waals surface area contributed by atoms with E-state index in [2.05, 4.69) is 20.9 Å². The number of aromatic carboxylic acids is 1. The lowest BCUT2D eigenvalue weighted by Crippen LogP contribution is -2.05. The van der Waals surface area contributed by atoms with Gasteiger partial charge in [-0.25, -0.2) is 4.79 Å². The van der Waals surface area contributed by atoms with Crippen molar-refractivity contribution in [3.63, 3.8) is 0 Å². The van der Waals surface area contributed by atoms with Crippen LogP contribution in [0.5, 0.6) is 5.88 Å². The average Bonchev–Trinajstić information content (AvgIpc) is 2.85. The van der Waals surface area contributed by atoms with Crippen molar-refractivity contribution in [3.05, 3.63) is 64.4 Å². The molecule has 21 heavy (non-hydrogen) atoms.